The van der Waals surface area contributed by atoms with E-state index in [1.165, 1.54) is 5.69 Å². The lowest BCUT2D eigenvalue weighted by Crippen LogP contribution is -2.36. The summed E-state index contributed by atoms with van der Waals surface area (Å²) in [4.78, 5) is 23.7. The number of carbonyl (C=O) groups is 1. The van der Waals surface area contributed by atoms with Gasteiger partial charge in [-0.15, -0.1) is 0 Å². The molecule has 0 saturated carbocycles. The molecule has 188 valence electrons. The van der Waals surface area contributed by atoms with Gasteiger partial charge >= 0.3 is 0 Å². The van der Waals surface area contributed by atoms with Crippen molar-refractivity contribution in [2.45, 2.75) is 12.8 Å². The van der Waals surface area contributed by atoms with Crippen LogP contribution in [0.1, 0.15) is 12.0 Å². The predicted octanol–water partition coefficient (Wildman–Crippen LogP) is 5.95. The minimum absolute atomic E-state index is 0.0316. The average molecular weight is 514 g/mol. The van der Waals surface area contributed by atoms with Crippen molar-refractivity contribution in [2.24, 2.45) is 0 Å². The van der Waals surface area contributed by atoms with E-state index in [1.54, 1.807) is 6.20 Å². The van der Waals surface area contributed by atoms with Gasteiger partial charge in [-0.2, -0.15) is 0 Å². The van der Waals surface area contributed by atoms with E-state index < -0.39 is 0 Å². The summed E-state index contributed by atoms with van der Waals surface area (Å²) in [5, 5.41) is 6.93. The molecule has 7 nitrogen and oxygen atoms in total. The third-order valence-electron chi connectivity index (χ3n) is 6.17. The van der Waals surface area contributed by atoms with Gasteiger partial charge in [0.25, 0.3) is 0 Å². The number of morpholine rings is 1. The van der Waals surface area contributed by atoms with Gasteiger partial charge < -0.3 is 20.3 Å². The van der Waals surface area contributed by atoms with Crippen LogP contribution < -0.4 is 15.5 Å². The van der Waals surface area contributed by atoms with Crippen LogP contribution in [0.3, 0.4) is 0 Å². The van der Waals surface area contributed by atoms with E-state index in [4.69, 9.17) is 16.3 Å². The highest BCUT2D eigenvalue weighted by Crippen LogP contribution is 2.23. The summed E-state index contributed by atoms with van der Waals surface area (Å²) < 4.78 is 5.43. The van der Waals surface area contributed by atoms with Crippen LogP contribution >= 0.6 is 11.6 Å². The number of rotatable bonds is 8. The van der Waals surface area contributed by atoms with Crippen LogP contribution in [-0.2, 0) is 16.0 Å². The molecule has 0 spiro atoms. The van der Waals surface area contributed by atoms with Crippen molar-refractivity contribution in [1.29, 1.82) is 0 Å². The van der Waals surface area contributed by atoms with E-state index in [-0.39, 0.29) is 5.91 Å². The second-order valence-corrected chi connectivity index (χ2v) is 9.23. The van der Waals surface area contributed by atoms with E-state index in [0.717, 1.165) is 54.5 Å². The molecule has 1 aliphatic heterocycles. The summed E-state index contributed by atoms with van der Waals surface area (Å²) in [6.07, 6.45) is 2.80. The monoisotopic (exact) mass is 513 g/mol. The molecule has 1 aliphatic rings. The van der Waals surface area contributed by atoms with Crippen LogP contribution in [-0.4, -0.2) is 42.2 Å². The Balaban J connectivity index is 1.17. The maximum absolute atomic E-state index is 12.4. The number of nitrogens with one attached hydrogen (secondary N) is 2. The van der Waals surface area contributed by atoms with Crippen LogP contribution in [0.15, 0.2) is 85.1 Å². The zero-order chi connectivity index (χ0) is 25.5. The Bertz CT molecular complexity index is 1320. The summed E-state index contributed by atoms with van der Waals surface area (Å²) in [6, 6.07) is 25.3. The fourth-order valence-corrected chi connectivity index (χ4v) is 4.27. The smallest absolute Gasteiger partial charge is 0.227 e. The Labute approximate surface area is 221 Å². The molecule has 2 N–H and O–H groups in total. The lowest BCUT2D eigenvalue weighted by molar-refractivity contribution is -0.116. The number of nitrogens with zero attached hydrogens (tertiary/aromatic N) is 3. The van der Waals surface area contributed by atoms with Crippen LogP contribution in [0, 0.1) is 0 Å². The second kappa shape index (κ2) is 11.9. The molecule has 0 atom stereocenters. The van der Waals surface area contributed by atoms with Crippen LogP contribution in [0.5, 0.6) is 0 Å². The molecule has 0 aliphatic carbocycles. The molecule has 4 aromatic rings. The first-order valence-electron chi connectivity index (χ1n) is 12.3. The molecule has 3 aromatic carbocycles. The normalized spacial score (nSPS) is 13.3. The standard InChI is InChI=1S/C29H28ClN5O2/c30-23-6-1-21(2-7-23)3-14-28(36)32-24-8-4-22(5-9-24)27-15-16-31-29(34-27)33-25-10-12-26(13-11-25)35-17-19-37-20-18-35/h1-2,4-13,15-16H,3,14,17-20H2,(H,32,36)(H,31,33,34). The Morgan fingerprint density at radius 1 is 0.892 bits per heavy atom. The highest BCUT2D eigenvalue weighted by molar-refractivity contribution is 6.30. The molecule has 0 bridgehead atoms. The van der Waals surface area contributed by atoms with Gasteiger partial charge in [0.2, 0.25) is 11.9 Å². The quantitative estimate of drug-likeness (QED) is 0.303. The first-order chi connectivity index (χ1) is 18.1. The highest BCUT2D eigenvalue weighted by atomic mass is 35.5. The van der Waals surface area contributed by atoms with Gasteiger partial charge in [0.1, 0.15) is 0 Å². The minimum atomic E-state index is -0.0316. The lowest BCUT2D eigenvalue weighted by Gasteiger charge is -2.28. The number of benzene rings is 3. The molecule has 5 rings (SSSR count). The van der Waals surface area contributed by atoms with E-state index in [1.807, 2.05) is 66.7 Å². The molecule has 1 aromatic heterocycles. The minimum Gasteiger partial charge on any atom is -0.378 e. The largest absolute Gasteiger partial charge is 0.378 e. The lowest BCUT2D eigenvalue weighted by atomic mass is 10.1. The van der Waals surface area contributed by atoms with Gasteiger partial charge in [-0.05, 0) is 66.6 Å². The number of hydrogen-bond donors (Lipinski definition) is 2. The van der Waals surface area contributed by atoms with Gasteiger partial charge in [0, 0.05) is 53.4 Å². The average Bonchev–Trinajstić information content (AvgIpc) is 2.94. The van der Waals surface area contributed by atoms with Crippen molar-refractivity contribution in [3.63, 3.8) is 0 Å². The van der Waals surface area contributed by atoms with Crippen molar-refractivity contribution < 1.29 is 9.53 Å². The second-order valence-electron chi connectivity index (χ2n) is 8.79. The summed E-state index contributed by atoms with van der Waals surface area (Å²) >= 11 is 5.92. The van der Waals surface area contributed by atoms with Crippen molar-refractivity contribution in [1.82, 2.24) is 9.97 Å². The molecule has 2 heterocycles. The maximum atomic E-state index is 12.4. The third kappa shape index (κ3) is 6.84. The fourth-order valence-electron chi connectivity index (χ4n) is 4.14. The molecule has 1 fully saturated rings. The van der Waals surface area contributed by atoms with Crippen LogP contribution in [0.4, 0.5) is 23.0 Å². The van der Waals surface area contributed by atoms with Crippen molar-refractivity contribution in [3.05, 3.63) is 95.6 Å². The molecule has 1 amide bonds. The molecule has 1 saturated heterocycles. The third-order valence-corrected chi connectivity index (χ3v) is 6.43. The molecule has 0 unspecified atom stereocenters. The summed E-state index contributed by atoms with van der Waals surface area (Å²) in [5.74, 6) is 0.493. The first-order valence-corrected chi connectivity index (χ1v) is 12.7. The number of carbonyl (C=O) groups excluding carboxylic acids is 1. The van der Waals surface area contributed by atoms with Crippen LogP contribution in [0.25, 0.3) is 11.3 Å². The topological polar surface area (TPSA) is 79.4 Å². The maximum Gasteiger partial charge on any atom is 0.227 e. The Morgan fingerprint density at radius 3 is 2.32 bits per heavy atom. The SMILES string of the molecule is O=C(CCc1ccc(Cl)cc1)Nc1ccc(-c2ccnc(Nc3ccc(N4CCOCC4)cc3)n2)cc1. The predicted molar refractivity (Wildman–Crippen MR) is 149 cm³/mol. The molecular formula is C29H28ClN5O2. The zero-order valence-electron chi connectivity index (χ0n) is 20.4. The molecule has 37 heavy (non-hydrogen) atoms. The van der Waals surface area contributed by atoms with E-state index in [2.05, 4.69) is 37.6 Å². The molecular weight excluding hydrogens is 486 g/mol. The summed E-state index contributed by atoms with van der Waals surface area (Å²) in [6.45, 7) is 3.34. The van der Waals surface area contributed by atoms with Gasteiger partial charge in [-0.3, -0.25) is 4.79 Å². The Kier molecular flexibility index (Phi) is 7.93. The number of amides is 1. The number of hydrogen-bond acceptors (Lipinski definition) is 6. The summed E-state index contributed by atoms with van der Waals surface area (Å²) in [7, 11) is 0. The van der Waals surface area contributed by atoms with E-state index >= 15 is 0 Å². The molecule has 8 heteroatoms. The molecule has 0 radical (unpaired) electrons. The van der Waals surface area contributed by atoms with Crippen molar-refractivity contribution >= 4 is 40.5 Å². The van der Waals surface area contributed by atoms with Gasteiger partial charge in [0.05, 0.1) is 18.9 Å². The van der Waals surface area contributed by atoms with Gasteiger partial charge in [0.15, 0.2) is 0 Å². The van der Waals surface area contributed by atoms with Gasteiger partial charge in [-0.25, -0.2) is 9.97 Å². The van der Waals surface area contributed by atoms with E-state index in [9.17, 15) is 4.79 Å². The number of halogens is 1. The Morgan fingerprint density at radius 2 is 1.59 bits per heavy atom. The number of ether oxygens (including phenoxy) is 1. The summed E-state index contributed by atoms with van der Waals surface area (Å²) in [5.41, 5.74) is 5.66. The van der Waals surface area contributed by atoms with Gasteiger partial charge in [-0.1, -0.05) is 35.9 Å². The first kappa shape index (κ1) is 24.7. The number of anilines is 4. The van der Waals surface area contributed by atoms with E-state index in [0.29, 0.717) is 23.8 Å². The van der Waals surface area contributed by atoms with Crippen molar-refractivity contribution in [2.75, 3.05) is 41.8 Å². The number of aromatic nitrogens is 2. The number of aryl methyl sites for hydroxylation is 1. The zero-order valence-corrected chi connectivity index (χ0v) is 21.1. The van der Waals surface area contributed by atoms with Crippen molar-refractivity contribution in [3.8, 4) is 11.3 Å². The fraction of sp³-hybridized carbons (Fsp3) is 0.207. The Hall–Kier alpha value is -3.94. The highest BCUT2D eigenvalue weighted by Gasteiger charge is 2.11. The van der Waals surface area contributed by atoms with Crippen LogP contribution in [0.2, 0.25) is 5.02 Å².